The molecule has 1 aromatic heterocycles. The van der Waals surface area contributed by atoms with Crippen molar-refractivity contribution in [1.82, 2.24) is 9.78 Å². The fourth-order valence-electron chi connectivity index (χ4n) is 9.05. The third-order valence-corrected chi connectivity index (χ3v) is 11.3. The zero-order valence-corrected chi connectivity index (χ0v) is 21.9. The van der Waals surface area contributed by atoms with Gasteiger partial charge >= 0.3 is 0 Å². The maximum Gasteiger partial charge on any atom is 0.266 e. The van der Waals surface area contributed by atoms with E-state index in [1.807, 2.05) is 24.4 Å². The summed E-state index contributed by atoms with van der Waals surface area (Å²) in [6.45, 7) is 2.67. The number of rotatable bonds is 4. The summed E-state index contributed by atoms with van der Waals surface area (Å²) in [4.78, 5) is 13.6. The number of fused-ring (bicyclic) bond motifs is 6. The van der Waals surface area contributed by atoms with Crippen LogP contribution in [0.3, 0.4) is 0 Å². The Morgan fingerprint density at radius 3 is 2.71 bits per heavy atom. The average molecular weight is 550 g/mol. The van der Waals surface area contributed by atoms with Crippen molar-refractivity contribution in [2.45, 2.75) is 83.3 Å². The molecule has 1 N–H and O–H groups in total. The molecule has 0 amide bonds. The molecule has 0 unspecified atom stereocenters. The number of hydrogen-bond donors (Lipinski definition) is 1. The maximum absolute atomic E-state index is 13.6. The largest absolute Gasteiger partial charge is 0.384 e. The minimum atomic E-state index is -2.65. The van der Waals surface area contributed by atoms with Crippen molar-refractivity contribution in [1.29, 1.82) is 0 Å². The van der Waals surface area contributed by atoms with Crippen molar-refractivity contribution in [3.8, 4) is 0 Å². The molecular weight excluding hydrogens is 514 g/mol. The minimum Gasteiger partial charge on any atom is -0.384 e. The van der Waals surface area contributed by atoms with Gasteiger partial charge < -0.3 is 5.11 Å². The van der Waals surface area contributed by atoms with Crippen LogP contribution in [0.5, 0.6) is 0 Å². The van der Waals surface area contributed by atoms with Gasteiger partial charge in [0.15, 0.2) is 5.78 Å². The van der Waals surface area contributed by atoms with Crippen molar-refractivity contribution in [3.05, 3.63) is 28.9 Å². The summed E-state index contributed by atoms with van der Waals surface area (Å²) < 4.78 is 29.7. The zero-order chi connectivity index (χ0) is 24.5. The molecule has 35 heavy (non-hydrogen) atoms. The van der Waals surface area contributed by atoms with Crippen molar-refractivity contribution < 1.29 is 18.7 Å². The van der Waals surface area contributed by atoms with Gasteiger partial charge in [-0.1, -0.05) is 19.1 Å². The number of Topliss-reactive ketones (excluding diaryl/α,β-unsaturated/α-hetero) is 1. The minimum absolute atomic E-state index is 0.0244. The second-order valence-corrected chi connectivity index (χ2v) is 13.1. The van der Waals surface area contributed by atoms with Crippen molar-refractivity contribution >= 4 is 32.6 Å². The molecule has 0 spiro atoms. The molecule has 4 nitrogen and oxygen atoms in total. The molecular formula is C28H35BrF2N2O2. The normalized spacial score (nSPS) is 41.0. The summed E-state index contributed by atoms with van der Waals surface area (Å²) in [6, 6.07) is 5.97. The molecule has 1 heterocycles. The zero-order valence-electron chi connectivity index (χ0n) is 20.3. The number of nitrogens with zero attached hydrogens (tertiary/aromatic N) is 2. The Morgan fingerprint density at radius 1 is 1.14 bits per heavy atom. The second-order valence-electron chi connectivity index (χ2n) is 12.2. The Hall–Kier alpha value is -1.34. The third-order valence-electron chi connectivity index (χ3n) is 10.7. The molecule has 0 radical (unpaired) electrons. The summed E-state index contributed by atoms with van der Waals surface area (Å²) in [5.74, 6) is 2.74. The van der Waals surface area contributed by atoms with E-state index in [2.05, 4.69) is 28.0 Å². The number of hydrogen-bond acceptors (Lipinski definition) is 3. The fourth-order valence-corrected chi connectivity index (χ4v) is 9.51. The van der Waals surface area contributed by atoms with Gasteiger partial charge in [0, 0.05) is 22.0 Å². The standard InChI is InChI=1S/C28H35BrF2N2O2/c1-27-11-9-19-18-10-12-28(35,26(30)31)13-16(18)5-6-20(19)21(27)7-8-22(27)24(34)15-33-14-17-3-2-4-23(29)25(17)32-33/h2-4,14,16,18-22,26,35H,5-13,15H2,1H3/t16-,18+,19-,20-,21+,22-,27+,28-/m1/s1. The summed E-state index contributed by atoms with van der Waals surface area (Å²) in [7, 11) is 0. The summed E-state index contributed by atoms with van der Waals surface area (Å²) in [6.07, 6.45) is 6.72. The van der Waals surface area contributed by atoms with E-state index in [0.717, 1.165) is 60.3 Å². The Labute approximate surface area is 214 Å². The van der Waals surface area contributed by atoms with Crippen molar-refractivity contribution in [2.24, 2.45) is 40.9 Å². The van der Waals surface area contributed by atoms with Crippen LogP contribution < -0.4 is 0 Å². The van der Waals surface area contributed by atoms with Crippen LogP contribution in [0.15, 0.2) is 28.9 Å². The molecule has 8 atom stereocenters. The van der Waals surface area contributed by atoms with E-state index < -0.39 is 12.0 Å². The van der Waals surface area contributed by atoms with Gasteiger partial charge in [-0.3, -0.25) is 9.48 Å². The van der Waals surface area contributed by atoms with Crippen molar-refractivity contribution in [2.75, 3.05) is 0 Å². The Morgan fingerprint density at radius 2 is 1.94 bits per heavy atom. The Bertz CT molecular complexity index is 1140. The number of benzene rings is 1. The smallest absolute Gasteiger partial charge is 0.266 e. The van der Waals surface area contributed by atoms with Gasteiger partial charge in [-0.2, -0.15) is 5.10 Å². The predicted octanol–water partition coefficient (Wildman–Crippen LogP) is 6.63. The molecule has 4 aliphatic carbocycles. The van der Waals surface area contributed by atoms with Gasteiger partial charge in [0.2, 0.25) is 0 Å². The molecule has 4 saturated carbocycles. The quantitative estimate of drug-likeness (QED) is 0.466. The van der Waals surface area contributed by atoms with E-state index in [1.54, 1.807) is 4.68 Å². The van der Waals surface area contributed by atoms with Crippen molar-refractivity contribution in [3.63, 3.8) is 0 Å². The van der Waals surface area contributed by atoms with Crippen LogP contribution in [0.4, 0.5) is 8.78 Å². The monoisotopic (exact) mass is 548 g/mol. The van der Waals surface area contributed by atoms with Gasteiger partial charge in [-0.25, -0.2) is 8.78 Å². The molecule has 2 aromatic rings. The van der Waals surface area contributed by atoms with E-state index in [-0.39, 0.29) is 30.1 Å². The summed E-state index contributed by atoms with van der Waals surface area (Å²) in [5.41, 5.74) is -0.870. The molecule has 0 bridgehead atoms. The first-order chi connectivity index (χ1) is 16.7. The van der Waals surface area contributed by atoms with Crippen LogP contribution in [-0.2, 0) is 11.3 Å². The molecule has 4 aliphatic rings. The molecule has 0 saturated heterocycles. The van der Waals surface area contributed by atoms with Gasteiger partial charge in [0.25, 0.3) is 6.43 Å². The molecule has 1 aromatic carbocycles. The van der Waals surface area contributed by atoms with E-state index in [4.69, 9.17) is 0 Å². The highest BCUT2D eigenvalue weighted by atomic mass is 79.9. The topological polar surface area (TPSA) is 55.1 Å². The van der Waals surface area contributed by atoms with Gasteiger partial charge in [0.05, 0.1) is 6.54 Å². The molecule has 190 valence electrons. The molecule has 4 fully saturated rings. The van der Waals surface area contributed by atoms with Crippen LogP contribution in [0.1, 0.15) is 64.7 Å². The van der Waals surface area contributed by atoms with Crippen LogP contribution in [0, 0.1) is 40.9 Å². The van der Waals surface area contributed by atoms with Crippen LogP contribution in [-0.4, -0.2) is 32.7 Å². The number of ketones is 1. The molecule has 0 aliphatic heterocycles. The van der Waals surface area contributed by atoms with Crippen LogP contribution in [0.2, 0.25) is 0 Å². The van der Waals surface area contributed by atoms with Crippen LogP contribution >= 0.6 is 15.9 Å². The highest BCUT2D eigenvalue weighted by molar-refractivity contribution is 9.10. The summed E-state index contributed by atoms with van der Waals surface area (Å²) >= 11 is 3.55. The first-order valence-corrected chi connectivity index (χ1v) is 14.1. The number of alkyl halides is 2. The van der Waals surface area contributed by atoms with Gasteiger partial charge in [-0.15, -0.1) is 0 Å². The fraction of sp³-hybridized carbons (Fsp3) is 0.714. The number of halogens is 3. The van der Waals surface area contributed by atoms with E-state index in [0.29, 0.717) is 36.0 Å². The Kier molecular flexibility index (Phi) is 5.91. The highest BCUT2D eigenvalue weighted by Crippen LogP contribution is 2.65. The van der Waals surface area contributed by atoms with Crippen LogP contribution in [0.25, 0.3) is 10.9 Å². The molecule has 7 heteroatoms. The number of aliphatic hydroxyl groups is 1. The second kappa shape index (κ2) is 8.61. The lowest BCUT2D eigenvalue weighted by Gasteiger charge is -2.57. The predicted molar refractivity (Wildman–Crippen MR) is 134 cm³/mol. The highest BCUT2D eigenvalue weighted by Gasteiger charge is 2.59. The first kappa shape index (κ1) is 24.0. The third kappa shape index (κ3) is 3.82. The number of aromatic nitrogens is 2. The lowest BCUT2D eigenvalue weighted by Crippen LogP contribution is -2.53. The lowest BCUT2D eigenvalue weighted by atomic mass is 9.49. The van der Waals surface area contributed by atoms with E-state index >= 15 is 0 Å². The maximum atomic E-state index is 13.6. The average Bonchev–Trinajstić information content (AvgIpc) is 3.39. The van der Waals surface area contributed by atoms with E-state index in [1.165, 1.54) is 0 Å². The number of carbonyl (C=O) groups is 1. The number of carbonyl (C=O) groups excluding carboxylic acids is 1. The van der Waals surface area contributed by atoms with Gasteiger partial charge in [0.1, 0.15) is 11.1 Å². The van der Waals surface area contributed by atoms with Gasteiger partial charge in [-0.05, 0) is 115 Å². The summed E-state index contributed by atoms with van der Waals surface area (Å²) in [5, 5.41) is 16.1. The first-order valence-electron chi connectivity index (χ1n) is 13.3. The van der Waals surface area contributed by atoms with E-state index in [9.17, 15) is 18.7 Å². The SMILES string of the molecule is C[C@]12CC[C@H]3[C@@H](CC[C@@H]4C[C@@](O)(C(F)F)CC[C@@H]43)[C@@H]1CC[C@@H]2C(=O)Cn1cc2cccc(Br)c2n1. The molecule has 6 rings (SSSR count). The lowest BCUT2D eigenvalue weighted by molar-refractivity contribution is -0.160. The Balaban J connectivity index is 1.17.